The number of ether oxygens (including phenoxy) is 1. The van der Waals surface area contributed by atoms with Crippen LogP contribution in [0.2, 0.25) is 0 Å². The second kappa shape index (κ2) is 9.93. The third-order valence-corrected chi connectivity index (χ3v) is 6.49. The molecule has 178 valence electrons. The fourth-order valence-corrected chi connectivity index (χ4v) is 4.49. The fourth-order valence-electron chi connectivity index (χ4n) is 4.22. The van der Waals surface area contributed by atoms with Gasteiger partial charge < -0.3 is 19.4 Å². The number of amides is 2. The minimum atomic E-state index is -0.526. The zero-order valence-electron chi connectivity index (χ0n) is 19.4. The van der Waals surface area contributed by atoms with E-state index in [0.717, 1.165) is 25.7 Å². The summed E-state index contributed by atoms with van der Waals surface area (Å²) < 4.78 is 11.5. The van der Waals surface area contributed by atoms with Crippen LogP contribution in [-0.2, 0) is 14.3 Å². The first-order chi connectivity index (χ1) is 15.0. The molecule has 2 amide bonds. The van der Waals surface area contributed by atoms with Crippen LogP contribution in [0.1, 0.15) is 84.6 Å². The summed E-state index contributed by atoms with van der Waals surface area (Å²) >= 11 is 3.28. The van der Waals surface area contributed by atoms with Crippen molar-refractivity contribution in [1.29, 1.82) is 0 Å². The van der Waals surface area contributed by atoms with E-state index in [9.17, 15) is 14.4 Å². The normalized spacial score (nSPS) is 19.9. The molecule has 0 bridgehead atoms. The van der Waals surface area contributed by atoms with Crippen LogP contribution in [0.3, 0.4) is 0 Å². The highest BCUT2D eigenvalue weighted by atomic mass is 79.9. The van der Waals surface area contributed by atoms with Gasteiger partial charge in [-0.3, -0.25) is 9.59 Å². The molecule has 2 fully saturated rings. The number of nitrogens with one attached hydrogen (secondary N) is 1. The maximum absolute atomic E-state index is 13.0. The number of carbonyl (C=O) groups is 3. The lowest BCUT2D eigenvalue weighted by atomic mass is 9.93. The van der Waals surface area contributed by atoms with Crippen molar-refractivity contribution < 1.29 is 23.5 Å². The standard InChI is InChI=1S/C23H34BrN3O5/c1-5-15(28)9-7-6-8-10-17(20-25-12-18(24)31-20)26-19(29)16-11-23(16)13-27(14-23)21(30)32-22(2,3)4/h12,16-17H,5-11,13-14H2,1-4H3,(H,26,29)/t16?,17-/m0/s1. The van der Waals surface area contributed by atoms with Gasteiger partial charge in [0.15, 0.2) is 4.67 Å². The van der Waals surface area contributed by atoms with Crippen LogP contribution in [0.5, 0.6) is 0 Å². The SMILES string of the molecule is CCC(=O)CCCCC[C@H](NC(=O)C1CC12CN(C(=O)OC(C)(C)C)C2)c1ncc(Br)o1. The van der Waals surface area contributed by atoms with Crippen molar-refractivity contribution in [2.45, 2.75) is 84.3 Å². The lowest BCUT2D eigenvalue weighted by Crippen LogP contribution is -2.54. The molecule has 8 nitrogen and oxygen atoms in total. The Balaban J connectivity index is 1.48. The van der Waals surface area contributed by atoms with Gasteiger partial charge in [0.2, 0.25) is 11.8 Å². The first kappa shape index (κ1) is 24.7. The Bertz CT molecular complexity index is 841. The zero-order chi connectivity index (χ0) is 23.5. The van der Waals surface area contributed by atoms with Crippen LogP contribution in [0.15, 0.2) is 15.3 Å². The summed E-state index contributed by atoms with van der Waals surface area (Å²) in [4.78, 5) is 42.6. The van der Waals surface area contributed by atoms with Gasteiger partial charge in [-0.25, -0.2) is 9.78 Å². The second-order valence-electron chi connectivity index (χ2n) is 10.0. The van der Waals surface area contributed by atoms with E-state index in [-0.39, 0.29) is 35.2 Å². The van der Waals surface area contributed by atoms with Crippen LogP contribution in [-0.4, -0.2) is 46.4 Å². The summed E-state index contributed by atoms with van der Waals surface area (Å²) in [5.74, 6) is 0.638. The van der Waals surface area contributed by atoms with E-state index in [1.807, 2.05) is 27.7 Å². The van der Waals surface area contributed by atoms with Gasteiger partial charge in [-0.2, -0.15) is 0 Å². The van der Waals surface area contributed by atoms with Gasteiger partial charge in [-0.05, 0) is 56.0 Å². The predicted molar refractivity (Wildman–Crippen MR) is 122 cm³/mol. The lowest BCUT2D eigenvalue weighted by Gasteiger charge is -2.41. The molecule has 0 aromatic carbocycles. The van der Waals surface area contributed by atoms with Gasteiger partial charge in [-0.1, -0.05) is 19.8 Å². The van der Waals surface area contributed by atoms with E-state index in [1.165, 1.54) is 0 Å². The molecule has 32 heavy (non-hydrogen) atoms. The van der Waals surface area contributed by atoms with Gasteiger partial charge >= 0.3 is 6.09 Å². The molecular weight excluding hydrogens is 478 g/mol. The molecule has 1 unspecified atom stereocenters. The van der Waals surface area contributed by atoms with E-state index < -0.39 is 5.60 Å². The summed E-state index contributed by atoms with van der Waals surface area (Å²) in [6.07, 6.45) is 6.56. The highest BCUT2D eigenvalue weighted by molar-refractivity contribution is 9.10. The number of likely N-dealkylation sites (tertiary alicyclic amines) is 1. The number of carbonyl (C=O) groups excluding carboxylic acids is 3. The maximum atomic E-state index is 13.0. The number of aromatic nitrogens is 1. The molecule has 1 saturated carbocycles. The molecule has 1 aliphatic carbocycles. The van der Waals surface area contributed by atoms with E-state index in [1.54, 1.807) is 11.1 Å². The molecule has 3 rings (SSSR count). The third-order valence-electron chi connectivity index (χ3n) is 6.12. The largest absolute Gasteiger partial charge is 0.444 e. The van der Waals surface area contributed by atoms with E-state index in [2.05, 4.69) is 26.2 Å². The molecule has 2 heterocycles. The average Bonchev–Trinajstić information content (AvgIpc) is 3.30. The summed E-state index contributed by atoms with van der Waals surface area (Å²) in [5, 5.41) is 3.11. The van der Waals surface area contributed by atoms with Crippen molar-refractivity contribution in [3.05, 3.63) is 16.8 Å². The Kier molecular flexibility index (Phi) is 7.68. The maximum Gasteiger partial charge on any atom is 0.410 e. The second-order valence-corrected chi connectivity index (χ2v) is 10.8. The molecule has 1 aromatic rings. The summed E-state index contributed by atoms with van der Waals surface area (Å²) in [6.45, 7) is 8.53. The van der Waals surface area contributed by atoms with Crippen LogP contribution in [0.25, 0.3) is 0 Å². The summed E-state index contributed by atoms with van der Waals surface area (Å²) in [7, 11) is 0. The van der Waals surface area contributed by atoms with Crippen molar-refractivity contribution in [1.82, 2.24) is 15.2 Å². The smallest absolute Gasteiger partial charge is 0.410 e. The van der Waals surface area contributed by atoms with Crippen LogP contribution in [0.4, 0.5) is 4.79 Å². The van der Waals surface area contributed by atoms with Crippen molar-refractivity contribution in [2.24, 2.45) is 11.3 Å². The molecule has 2 aliphatic rings. The number of ketones is 1. The number of hydrogen-bond donors (Lipinski definition) is 1. The predicted octanol–water partition coefficient (Wildman–Crippen LogP) is 4.78. The van der Waals surface area contributed by atoms with E-state index in [0.29, 0.717) is 42.9 Å². The minimum Gasteiger partial charge on any atom is -0.444 e. The Morgan fingerprint density at radius 2 is 2.03 bits per heavy atom. The number of oxazole rings is 1. The van der Waals surface area contributed by atoms with E-state index >= 15 is 0 Å². The zero-order valence-corrected chi connectivity index (χ0v) is 21.0. The third kappa shape index (κ3) is 6.33. The molecular formula is C23H34BrN3O5. The van der Waals surface area contributed by atoms with Gasteiger partial charge in [0.25, 0.3) is 0 Å². The number of Topliss-reactive ketones (excluding diaryl/α,β-unsaturated/α-hetero) is 1. The molecule has 1 aromatic heterocycles. The van der Waals surface area contributed by atoms with Gasteiger partial charge in [0.05, 0.1) is 6.20 Å². The molecule has 2 atom stereocenters. The first-order valence-electron chi connectivity index (χ1n) is 11.4. The Morgan fingerprint density at radius 1 is 1.31 bits per heavy atom. The van der Waals surface area contributed by atoms with Crippen molar-refractivity contribution >= 4 is 33.7 Å². The molecule has 1 spiro atoms. The molecule has 9 heteroatoms. The summed E-state index contributed by atoms with van der Waals surface area (Å²) in [6, 6.07) is -0.310. The topological polar surface area (TPSA) is 102 Å². The Hall–Kier alpha value is -1.90. The average molecular weight is 512 g/mol. The number of halogens is 1. The quantitative estimate of drug-likeness (QED) is 0.453. The van der Waals surface area contributed by atoms with Crippen molar-refractivity contribution in [3.8, 4) is 0 Å². The molecule has 0 radical (unpaired) electrons. The minimum absolute atomic E-state index is 0.0191. The Labute approximate surface area is 198 Å². The van der Waals surface area contributed by atoms with Crippen molar-refractivity contribution in [2.75, 3.05) is 13.1 Å². The van der Waals surface area contributed by atoms with Gasteiger partial charge in [0, 0.05) is 37.3 Å². The van der Waals surface area contributed by atoms with Gasteiger partial charge in [0.1, 0.15) is 17.4 Å². The number of nitrogens with zero attached hydrogens (tertiary/aromatic N) is 2. The number of rotatable bonds is 10. The van der Waals surface area contributed by atoms with Crippen LogP contribution < -0.4 is 5.32 Å². The highest BCUT2D eigenvalue weighted by Crippen LogP contribution is 2.59. The Morgan fingerprint density at radius 3 is 2.62 bits per heavy atom. The number of hydrogen-bond acceptors (Lipinski definition) is 6. The first-order valence-corrected chi connectivity index (χ1v) is 12.2. The molecule has 1 aliphatic heterocycles. The highest BCUT2D eigenvalue weighted by Gasteiger charge is 2.65. The van der Waals surface area contributed by atoms with Crippen molar-refractivity contribution in [3.63, 3.8) is 0 Å². The number of unbranched alkanes of at least 4 members (excludes halogenated alkanes) is 2. The molecule has 1 N–H and O–H groups in total. The fraction of sp³-hybridized carbons (Fsp3) is 0.739. The monoisotopic (exact) mass is 511 g/mol. The van der Waals surface area contributed by atoms with Crippen LogP contribution >= 0.6 is 15.9 Å². The summed E-state index contributed by atoms with van der Waals surface area (Å²) in [5.41, 5.74) is -0.648. The lowest BCUT2D eigenvalue weighted by molar-refractivity contribution is -0.125. The van der Waals surface area contributed by atoms with E-state index in [4.69, 9.17) is 9.15 Å². The molecule has 1 saturated heterocycles. The van der Waals surface area contributed by atoms with Gasteiger partial charge in [-0.15, -0.1) is 0 Å². The van der Waals surface area contributed by atoms with Crippen LogP contribution in [0, 0.1) is 11.3 Å².